The molecule has 1 aliphatic heterocycles. The van der Waals surface area contributed by atoms with Gasteiger partial charge < -0.3 is 25.2 Å². The summed E-state index contributed by atoms with van der Waals surface area (Å²) in [6, 6.07) is 0. The summed E-state index contributed by atoms with van der Waals surface area (Å²) in [7, 11) is 0. The predicted molar refractivity (Wildman–Crippen MR) is 110 cm³/mol. The lowest BCUT2D eigenvalue weighted by Crippen LogP contribution is -2.47. The van der Waals surface area contributed by atoms with Gasteiger partial charge in [0.25, 0.3) is 0 Å². The Labute approximate surface area is 160 Å². The molecule has 0 radical (unpaired) electrons. The number of guanidine groups is 1. The fourth-order valence-electron chi connectivity index (χ4n) is 3.29. The van der Waals surface area contributed by atoms with Gasteiger partial charge in [0.1, 0.15) is 0 Å². The molecule has 1 saturated heterocycles. The first-order valence-corrected chi connectivity index (χ1v) is 10.8. The summed E-state index contributed by atoms with van der Waals surface area (Å²) < 4.78 is 5.69. The molecule has 6 heteroatoms. The second kappa shape index (κ2) is 12.5. The quantitative estimate of drug-likeness (QED) is 0.312. The number of aliphatic imine (C=N–C) groups is 1. The average molecular weight is 368 g/mol. The zero-order valence-electron chi connectivity index (χ0n) is 17.3. The molecule has 6 nitrogen and oxygen atoms in total. The van der Waals surface area contributed by atoms with Crippen molar-refractivity contribution in [3.8, 4) is 0 Å². The van der Waals surface area contributed by atoms with Crippen molar-refractivity contribution in [2.24, 2.45) is 16.8 Å². The van der Waals surface area contributed by atoms with Crippen molar-refractivity contribution < 1.29 is 4.74 Å². The summed E-state index contributed by atoms with van der Waals surface area (Å²) >= 11 is 0. The van der Waals surface area contributed by atoms with Crippen molar-refractivity contribution in [2.75, 3.05) is 72.1 Å². The highest BCUT2D eigenvalue weighted by molar-refractivity contribution is 5.79. The Morgan fingerprint density at radius 3 is 2.50 bits per heavy atom. The molecule has 2 fully saturated rings. The highest BCUT2D eigenvalue weighted by Crippen LogP contribution is 2.28. The first-order valence-electron chi connectivity index (χ1n) is 10.8. The van der Waals surface area contributed by atoms with Crippen molar-refractivity contribution >= 4 is 5.96 Å². The molecule has 0 bridgehead atoms. The van der Waals surface area contributed by atoms with Gasteiger partial charge in [0.05, 0.1) is 0 Å². The molecule has 152 valence electrons. The molecule has 0 spiro atoms. The van der Waals surface area contributed by atoms with Crippen molar-refractivity contribution in [3.05, 3.63) is 0 Å². The number of piperazine rings is 1. The minimum atomic E-state index is 0.584. The maximum Gasteiger partial charge on any atom is 0.191 e. The number of likely N-dealkylation sites (N-methyl/N-ethyl adjacent to an activating group) is 1. The number of hydrogen-bond donors (Lipinski definition) is 2. The second-order valence-corrected chi connectivity index (χ2v) is 7.86. The van der Waals surface area contributed by atoms with Gasteiger partial charge in [-0.1, -0.05) is 13.8 Å². The Morgan fingerprint density at radius 1 is 1.12 bits per heavy atom. The van der Waals surface area contributed by atoms with E-state index in [1.807, 2.05) is 0 Å². The molecule has 2 N–H and O–H groups in total. The predicted octanol–water partition coefficient (Wildman–Crippen LogP) is 1.63. The van der Waals surface area contributed by atoms with E-state index in [0.717, 1.165) is 57.7 Å². The summed E-state index contributed by atoms with van der Waals surface area (Å²) in [4.78, 5) is 9.90. The van der Waals surface area contributed by atoms with E-state index < -0.39 is 0 Å². The van der Waals surface area contributed by atoms with E-state index in [2.05, 4.69) is 41.2 Å². The van der Waals surface area contributed by atoms with Gasteiger partial charge in [-0.15, -0.1) is 0 Å². The lowest BCUT2D eigenvalue weighted by Gasteiger charge is -2.35. The molecule has 1 atom stereocenters. The molecule has 1 heterocycles. The van der Waals surface area contributed by atoms with Crippen LogP contribution in [0, 0.1) is 11.8 Å². The highest BCUT2D eigenvalue weighted by Gasteiger charge is 2.20. The Morgan fingerprint density at radius 2 is 1.85 bits per heavy atom. The third-order valence-electron chi connectivity index (χ3n) is 5.20. The third-order valence-corrected chi connectivity index (χ3v) is 5.20. The Kier molecular flexibility index (Phi) is 10.3. The van der Waals surface area contributed by atoms with Crippen LogP contribution in [0.1, 0.15) is 40.0 Å². The Hall–Kier alpha value is -0.850. The second-order valence-electron chi connectivity index (χ2n) is 7.86. The first kappa shape index (κ1) is 21.5. The molecule has 2 rings (SSSR count). The lowest BCUT2D eigenvalue weighted by molar-refractivity contribution is 0.123. The van der Waals surface area contributed by atoms with E-state index in [-0.39, 0.29) is 0 Å². The van der Waals surface area contributed by atoms with Gasteiger partial charge in [0.2, 0.25) is 0 Å². The minimum Gasteiger partial charge on any atom is -0.381 e. The van der Waals surface area contributed by atoms with Crippen LogP contribution in [-0.4, -0.2) is 87.9 Å². The highest BCUT2D eigenvalue weighted by atomic mass is 16.5. The zero-order chi connectivity index (χ0) is 18.6. The number of ether oxygens (including phenoxy) is 1. The monoisotopic (exact) mass is 367 g/mol. The smallest absolute Gasteiger partial charge is 0.191 e. The van der Waals surface area contributed by atoms with E-state index in [0.29, 0.717) is 5.92 Å². The lowest BCUT2D eigenvalue weighted by atomic mass is 10.1. The van der Waals surface area contributed by atoms with Gasteiger partial charge in [-0.25, -0.2) is 0 Å². The van der Waals surface area contributed by atoms with Crippen LogP contribution in [0.2, 0.25) is 0 Å². The fourth-order valence-corrected chi connectivity index (χ4v) is 3.29. The third kappa shape index (κ3) is 9.19. The van der Waals surface area contributed by atoms with Crippen LogP contribution in [0.3, 0.4) is 0 Å². The van der Waals surface area contributed by atoms with Crippen molar-refractivity contribution in [2.45, 2.75) is 40.0 Å². The van der Waals surface area contributed by atoms with Crippen molar-refractivity contribution in [3.63, 3.8) is 0 Å². The molecule has 0 aromatic heterocycles. The largest absolute Gasteiger partial charge is 0.381 e. The van der Waals surface area contributed by atoms with Gasteiger partial charge >= 0.3 is 0 Å². The molecule has 0 amide bonds. The molecular weight excluding hydrogens is 326 g/mol. The maximum absolute atomic E-state index is 5.69. The summed E-state index contributed by atoms with van der Waals surface area (Å²) in [5.41, 5.74) is 0. The number of nitrogens with one attached hydrogen (secondary N) is 2. The molecule has 1 saturated carbocycles. The summed E-state index contributed by atoms with van der Waals surface area (Å²) in [6.07, 6.45) is 3.76. The normalized spacial score (nSPS) is 21.0. The number of hydrogen-bond acceptors (Lipinski definition) is 4. The van der Waals surface area contributed by atoms with Crippen LogP contribution >= 0.6 is 0 Å². The van der Waals surface area contributed by atoms with Crippen LogP contribution in [0.4, 0.5) is 0 Å². The van der Waals surface area contributed by atoms with Gasteiger partial charge in [-0.05, 0) is 44.6 Å². The van der Waals surface area contributed by atoms with Crippen molar-refractivity contribution in [1.82, 2.24) is 20.4 Å². The fraction of sp³-hybridized carbons (Fsp3) is 0.950. The Balaban J connectivity index is 1.58. The van der Waals surface area contributed by atoms with Crippen molar-refractivity contribution in [1.29, 1.82) is 0 Å². The molecule has 1 aliphatic carbocycles. The molecule has 0 aromatic carbocycles. The summed E-state index contributed by atoms with van der Waals surface area (Å²) in [5.74, 6) is 2.38. The van der Waals surface area contributed by atoms with Crippen LogP contribution in [0.15, 0.2) is 4.99 Å². The standard InChI is InChI=1S/C20H41N5O/c1-4-21-20(22-9-6-14-26-17-19-7-8-19)23-15-18(3)16-25-12-10-24(5-2)11-13-25/h18-19H,4-17H2,1-3H3,(H2,21,22,23). The molecule has 1 unspecified atom stereocenters. The van der Waals surface area contributed by atoms with Gasteiger partial charge in [0, 0.05) is 65.6 Å². The zero-order valence-corrected chi connectivity index (χ0v) is 17.3. The topological polar surface area (TPSA) is 52.1 Å². The number of rotatable bonds is 12. The van der Waals surface area contributed by atoms with E-state index in [4.69, 9.17) is 9.73 Å². The van der Waals surface area contributed by atoms with E-state index in [9.17, 15) is 0 Å². The van der Waals surface area contributed by atoms with Gasteiger partial charge in [-0.3, -0.25) is 4.99 Å². The van der Waals surface area contributed by atoms with Crippen LogP contribution < -0.4 is 10.6 Å². The summed E-state index contributed by atoms with van der Waals surface area (Å²) in [5, 5.41) is 6.79. The van der Waals surface area contributed by atoms with Crippen LogP contribution in [-0.2, 0) is 4.74 Å². The minimum absolute atomic E-state index is 0.584. The van der Waals surface area contributed by atoms with Crippen LogP contribution in [0.5, 0.6) is 0 Å². The van der Waals surface area contributed by atoms with E-state index in [1.165, 1.54) is 45.6 Å². The average Bonchev–Trinajstić information content (AvgIpc) is 3.47. The maximum atomic E-state index is 5.69. The molecular formula is C20H41N5O. The summed E-state index contributed by atoms with van der Waals surface area (Å²) in [6.45, 7) is 18.3. The van der Waals surface area contributed by atoms with Crippen LogP contribution in [0.25, 0.3) is 0 Å². The van der Waals surface area contributed by atoms with Gasteiger partial charge in [-0.2, -0.15) is 0 Å². The van der Waals surface area contributed by atoms with E-state index in [1.54, 1.807) is 0 Å². The van der Waals surface area contributed by atoms with Gasteiger partial charge in [0.15, 0.2) is 5.96 Å². The SMILES string of the molecule is CCNC(=NCC(C)CN1CCN(CC)CC1)NCCCOCC1CC1. The molecule has 0 aromatic rings. The molecule has 2 aliphatic rings. The Bertz CT molecular complexity index is 392. The number of nitrogens with zero attached hydrogens (tertiary/aromatic N) is 3. The first-order chi connectivity index (χ1) is 12.7. The molecule has 26 heavy (non-hydrogen) atoms. The van der Waals surface area contributed by atoms with E-state index >= 15 is 0 Å².